The average molecular weight is 427 g/mol. The van der Waals surface area contributed by atoms with E-state index >= 15 is 0 Å². The Morgan fingerprint density at radius 3 is 1.42 bits per heavy atom. The van der Waals surface area contributed by atoms with Gasteiger partial charge in [-0.3, -0.25) is 0 Å². The van der Waals surface area contributed by atoms with Crippen molar-refractivity contribution in [3.8, 4) is 22.5 Å². The predicted octanol–water partition coefficient (Wildman–Crippen LogP) is 8.19. The fourth-order valence-electron chi connectivity index (χ4n) is 5.04. The lowest BCUT2D eigenvalue weighted by Gasteiger charge is -2.09. The molecule has 0 aliphatic carbocycles. The molecule has 2 nitrogen and oxygen atoms in total. The van der Waals surface area contributed by atoms with Gasteiger partial charge in [0.15, 0.2) is 0 Å². The molecular formula is C31H26N2. The number of aryl methyl sites for hydroxylation is 2. The second-order valence-electron chi connectivity index (χ2n) is 8.96. The maximum Gasteiger partial charge on any atom is 0.0500 e. The van der Waals surface area contributed by atoms with E-state index in [4.69, 9.17) is 0 Å². The van der Waals surface area contributed by atoms with E-state index in [1.165, 1.54) is 66.6 Å². The Bertz CT molecular complexity index is 1490. The highest BCUT2D eigenvalue weighted by molar-refractivity contribution is 5.95. The van der Waals surface area contributed by atoms with E-state index in [9.17, 15) is 0 Å². The first-order valence-corrected chi connectivity index (χ1v) is 11.5. The van der Waals surface area contributed by atoms with Crippen LogP contribution >= 0.6 is 0 Å². The Morgan fingerprint density at radius 1 is 0.515 bits per heavy atom. The zero-order chi connectivity index (χ0) is 22.4. The average Bonchev–Trinajstić information content (AvgIpc) is 3.38. The monoisotopic (exact) mass is 426 g/mol. The summed E-state index contributed by atoms with van der Waals surface area (Å²) in [5.41, 5.74) is 12.5. The minimum absolute atomic E-state index is 0.848. The second kappa shape index (κ2) is 7.83. The maximum atomic E-state index is 3.73. The van der Waals surface area contributed by atoms with Crippen molar-refractivity contribution in [1.29, 1.82) is 0 Å². The Morgan fingerprint density at radius 2 is 0.970 bits per heavy atom. The maximum absolute atomic E-state index is 3.73. The summed E-state index contributed by atoms with van der Waals surface area (Å²) < 4.78 is 0. The van der Waals surface area contributed by atoms with Gasteiger partial charge in [0.2, 0.25) is 0 Å². The lowest BCUT2D eigenvalue weighted by Crippen LogP contribution is -1.93. The van der Waals surface area contributed by atoms with Crippen LogP contribution in [0.5, 0.6) is 0 Å². The summed E-state index contributed by atoms with van der Waals surface area (Å²) >= 11 is 0. The van der Waals surface area contributed by atoms with Gasteiger partial charge in [-0.2, -0.15) is 0 Å². The highest BCUT2D eigenvalue weighted by Gasteiger charge is 2.19. The summed E-state index contributed by atoms with van der Waals surface area (Å²) in [6, 6.07) is 34.8. The minimum Gasteiger partial charge on any atom is -0.354 e. The molecule has 0 fully saturated rings. The number of H-pyrrole nitrogens is 2. The van der Waals surface area contributed by atoms with Gasteiger partial charge in [0.05, 0.1) is 11.4 Å². The lowest BCUT2D eigenvalue weighted by atomic mass is 9.94. The first kappa shape index (κ1) is 19.6. The van der Waals surface area contributed by atoms with Crippen LogP contribution in [0.4, 0.5) is 0 Å². The molecule has 0 bridgehead atoms. The largest absolute Gasteiger partial charge is 0.354 e. The molecule has 4 aromatic carbocycles. The second-order valence-corrected chi connectivity index (χ2v) is 8.96. The zero-order valence-electron chi connectivity index (χ0n) is 18.9. The Kier molecular flexibility index (Phi) is 4.66. The molecule has 33 heavy (non-hydrogen) atoms. The number of rotatable bonds is 4. The van der Waals surface area contributed by atoms with Gasteiger partial charge in [-0.25, -0.2) is 0 Å². The number of hydrogen-bond donors (Lipinski definition) is 2. The zero-order valence-corrected chi connectivity index (χ0v) is 18.9. The smallest absolute Gasteiger partial charge is 0.0500 e. The van der Waals surface area contributed by atoms with Gasteiger partial charge in [-0.1, -0.05) is 83.9 Å². The molecule has 0 aliphatic heterocycles. The molecule has 0 spiro atoms. The van der Waals surface area contributed by atoms with Gasteiger partial charge >= 0.3 is 0 Å². The topological polar surface area (TPSA) is 31.6 Å². The Hall–Kier alpha value is -4.04. The van der Waals surface area contributed by atoms with Crippen molar-refractivity contribution >= 4 is 21.8 Å². The van der Waals surface area contributed by atoms with Crippen molar-refractivity contribution in [3.05, 3.63) is 119 Å². The molecule has 160 valence electrons. The number of aromatic amines is 2. The lowest BCUT2D eigenvalue weighted by molar-refractivity contribution is 1.22. The van der Waals surface area contributed by atoms with E-state index in [1.54, 1.807) is 0 Å². The summed E-state index contributed by atoms with van der Waals surface area (Å²) in [4.78, 5) is 7.45. The number of aromatic nitrogens is 2. The van der Waals surface area contributed by atoms with E-state index in [0.717, 1.165) is 6.42 Å². The molecule has 0 amide bonds. The van der Waals surface area contributed by atoms with Gasteiger partial charge in [0.1, 0.15) is 0 Å². The Labute approximate surface area is 193 Å². The quantitative estimate of drug-likeness (QED) is 0.285. The molecule has 0 aliphatic rings. The van der Waals surface area contributed by atoms with Crippen molar-refractivity contribution < 1.29 is 0 Å². The molecule has 2 N–H and O–H groups in total. The highest BCUT2D eigenvalue weighted by atomic mass is 14.7. The van der Waals surface area contributed by atoms with Crippen LogP contribution in [0, 0.1) is 13.8 Å². The summed E-state index contributed by atoms with van der Waals surface area (Å²) in [6.07, 6.45) is 0.848. The van der Waals surface area contributed by atoms with Crippen LogP contribution in [-0.2, 0) is 6.42 Å². The van der Waals surface area contributed by atoms with Gasteiger partial charge in [-0.05, 0) is 60.4 Å². The third-order valence-electron chi connectivity index (χ3n) is 6.59. The van der Waals surface area contributed by atoms with Crippen LogP contribution in [0.25, 0.3) is 44.3 Å². The molecule has 0 atom stereocenters. The van der Waals surface area contributed by atoms with E-state index in [2.05, 4.69) is 121 Å². The molecule has 0 saturated carbocycles. The van der Waals surface area contributed by atoms with Crippen LogP contribution in [0.2, 0.25) is 0 Å². The van der Waals surface area contributed by atoms with E-state index in [0.29, 0.717) is 0 Å². The molecule has 6 aromatic rings. The van der Waals surface area contributed by atoms with Crippen LogP contribution in [-0.4, -0.2) is 9.97 Å². The third kappa shape index (κ3) is 3.44. The molecule has 0 unspecified atom stereocenters. The standard InChI is InChI=1S/C31H26N2/c1-20-9-7-11-22(17-20)30-26(24-13-3-5-15-28(24)32-30)19-27-25-14-4-6-16-29(25)33-31(27)23-12-8-10-21(2)18-23/h3-18,32-33H,19H2,1-2H3. The van der Waals surface area contributed by atoms with Crippen LogP contribution in [0.1, 0.15) is 22.3 Å². The normalized spacial score (nSPS) is 11.5. The van der Waals surface area contributed by atoms with Crippen molar-refractivity contribution in [3.63, 3.8) is 0 Å². The summed E-state index contributed by atoms with van der Waals surface area (Å²) in [5.74, 6) is 0. The predicted molar refractivity (Wildman–Crippen MR) is 140 cm³/mol. The number of fused-ring (bicyclic) bond motifs is 2. The highest BCUT2D eigenvalue weighted by Crippen LogP contribution is 2.37. The van der Waals surface area contributed by atoms with Gasteiger partial charge in [0, 0.05) is 28.2 Å². The van der Waals surface area contributed by atoms with Crippen LogP contribution in [0.15, 0.2) is 97.1 Å². The van der Waals surface area contributed by atoms with E-state index < -0.39 is 0 Å². The minimum atomic E-state index is 0.848. The third-order valence-corrected chi connectivity index (χ3v) is 6.59. The molecule has 2 heterocycles. The van der Waals surface area contributed by atoms with Crippen molar-refractivity contribution in [2.75, 3.05) is 0 Å². The van der Waals surface area contributed by atoms with Crippen molar-refractivity contribution in [2.45, 2.75) is 20.3 Å². The summed E-state index contributed by atoms with van der Waals surface area (Å²) in [5, 5.41) is 2.57. The molecule has 0 saturated heterocycles. The fraction of sp³-hybridized carbons (Fsp3) is 0.0968. The SMILES string of the molecule is Cc1cccc(-c2[nH]c3ccccc3c2Cc2c(-c3cccc(C)c3)[nH]c3ccccc23)c1. The van der Waals surface area contributed by atoms with Crippen molar-refractivity contribution in [1.82, 2.24) is 9.97 Å². The van der Waals surface area contributed by atoms with Crippen LogP contribution in [0.3, 0.4) is 0 Å². The molecule has 0 radical (unpaired) electrons. The van der Waals surface area contributed by atoms with Gasteiger partial charge < -0.3 is 9.97 Å². The molecule has 2 aromatic heterocycles. The molecule has 6 rings (SSSR count). The summed E-state index contributed by atoms with van der Waals surface area (Å²) in [6.45, 7) is 4.31. The number of hydrogen-bond acceptors (Lipinski definition) is 0. The Balaban J connectivity index is 1.60. The van der Waals surface area contributed by atoms with Gasteiger partial charge in [0.25, 0.3) is 0 Å². The molecular weight excluding hydrogens is 400 g/mol. The number of para-hydroxylation sites is 2. The van der Waals surface area contributed by atoms with E-state index in [1.807, 2.05) is 0 Å². The molecule has 2 heteroatoms. The first-order chi connectivity index (χ1) is 16.2. The first-order valence-electron chi connectivity index (χ1n) is 11.5. The number of benzene rings is 4. The number of nitrogens with one attached hydrogen (secondary N) is 2. The van der Waals surface area contributed by atoms with Crippen molar-refractivity contribution in [2.24, 2.45) is 0 Å². The van der Waals surface area contributed by atoms with Gasteiger partial charge in [-0.15, -0.1) is 0 Å². The summed E-state index contributed by atoms with van der Waals surface area (Å²) in [7, 11) is 0. The van der Waals surface area contributed by atoms with Crippen LogP contribution < -0.4 is 0 Å². The fourth-order valence-corrected chi connectivity index (χ4v) is 5.04. The van der Waals surface area contributed by atoms with E-state index in [-0.39, 0.29) is 0 Å².